The van der Waals surface area contributed by atoms with Crippen molar-refractivity contribution in [1.29, 1.82) is 0 Å². The van der Waals surface area contributed by atoms with Gasteiger partial charge in [0.2, 0.25) is 5.91 Å². The number of carbonyl (C=O) groups excluding carboxylic acids is 1. The average Bonchev–Trinajstić information content (AvgIpc) is 3.39. The number of hydrogen-bond donors (Lipinski definition) is 0. The van der Waals surface area contributed by atoms with Gasteiger partial charge in [-0.05, 0) is 36.1 Å². The van der Waals surface area contributed by atoms with E-state index in [2.05, 4.69) is 64.3 Å². The smallest absolute Gasteiger partial charge is 0.263 e. The lowest BCUT2D eigenvalue weighted by atomic mass is 9.88. The molecule has 3 heterocycles. The molecule has 6 rings (SSSR count). The third kappa shape index (κ3) is 4.79. The van der Waals surface area contributed by atoms with E-state index in [4.69, 9.17) is 14.5 Å². The molecule has 0 radical (unpaired) electrons. The summed E-state index contributed by atoms with van der Waals surface area (Å²) >= 11 is 0. The summed E-state index contributed by atoms with van der Waals surface area (Å²) < 4.78 is 5.81. The Kier molecular flexibility index (Phi) is 6.77. The van der Waals surface area contributed by atoms with E-state index in [0.29, 0.717) is 11.6 Å². The van der Waals surface area contributed by atoms with Crippen molar-refractivity contribution in [3.05, 3.63) is 48.3 Å². The Bertz CT molecular complexity index is 1400. The molecule has 0 unspecified atom stereocenters. The summed E-state index contributed by atoms with van der Waals surface area (Å²) in [4.78, 5) is 27.3. The molecule has 1 saturated carbocycles. The third-order valence-electron chi connectivity index (χ3n) is 7.99. The number of unbranched alkanes of at least 4 members (excludes halogenated alkanes) is 1. The number of amides is 1. The summed E-state index contributed by atoms with van der Waals surface area (Å²) in [5, 5.41) is 7.70. The lowest BCUT2D eigenvalue weighted by Crippen LogP contribution is -2.51. The Morgan fingerprint density at radius 1 is 0.973 bits per heavy atom. The molecular weight excluding hydrogens is 462 g/mol. The van der Waals surface area contributed by atoms with E-state index in [9.17, 15) is 4.79 Å². The number of aromatic nitrogens is 3. The highest BCUT2D eigenvalue weighted by atomic mass is 16.5. The van der Waals surface area contributed by atoms with Crippen LogP contribution in [0.25, 0.3) is 33.1 Å². The predicted molar refractivity (Wildman–Crippen MR) is 147 cm³/mol. The minimum Gasteiger partial charge on any atom is -0.352 e. The highest BCUT2D eigenvalue weighted by Gasteiger charge is 2.30. The van der Waals surface area contributed by atoms with Crippen LogP contribution in [-0.2, 0) is 11.2 Å². The highest BCUT2D eigenvalue weighted by Crippen LogP contribution is 2.36. The zero-order chi connectivity index (χ0) is 25.2. The Morgan fingerprint density at radius 3 is 2.54 bits per heavy atom. The van der Waals surface area contributed by atoms with Crippen molar-refractivity contribution in [3.8, 4) is 11.3 Å². The summed E-state index contributed by atoms with van der Waals surface area (Å²) in [5.74, 6) is 2.23. The first kappa shape index (κ1) is 23.9. The number of piperazine rings is 1. The first-order chi connectivity index (χ1) is 18.2. The first-order valence-corrected chi connectivity index (χ1v) is 13.9. The molecule has 2 aliphatic rings. The van der Waals surface area contributed by atoms with Crippen LogP contribution in [0.4, 0.5) is 5.82 Å². The van der Waals surface area contributed by atoms with Gasteiger partial charge >= 0.3 is 0 Å². The molecule has 1 saturated heterocycles. The van der Waals surface area contributed by atoms with E-state index in [1.54, 1.807) is 0 Å². The topological polar surface area (TPSA) is 75.4 Å². The quantitative estimate of drug-likeness (QED) is 0.325. The van der Waals surface area contributed by atoms with Crippen molar-refractivity contribution >= 4 is 33.6 Å². The van der Waals surface area contributed by atoms with Gasteiger partial charge in [0.15, 0.2) is 0 Å². The Labute approximate surface area is 217 Å². The standard InChI is InChI=1S/C30H35N5O2/c1-2-3-13-25-31-28(34-16-18-35(19-17-34)30(36)22-10-5-4-6-11-22)26-27(33-37-29(26)32-25)24-15-14-21-9-7-8-12-23(21)20-24/h7-9,12,14-15,20,22H,2-6,10-11,13,16-19H2,1H3. The second kappa shape index (κ2) is 10.5. The fourth-order valence-corrected chi connectivity index (χ4v) is 5.84. The second-order valence-electron chi connectivity index (χ2n) is 10.5. The van der Waals surface area contributed by atoms with Crippen LogP contribution in [-0.4, -0.2) is 52.1 Å². The van der Waals surface area contributed by atoms with Gasteiger partial charge in [-0.25, -0.2) is 4.98 Å². The largest absolute Gasteiger partial charge is 0.352 e. The lowest BCUT2D eigenvalue weighted by Gasteiger charge is -2.37. The van der Waals surface area contributed by atoms with Gasteiger partial charge in [-0.3, -0.25) is 4.79 Å². The van der Waals surface area contributed by atoms with E-state index < -0.39 is 0 Å². The molecule has 192 valence electrons. The van der Waals surface area contributed by atoms with E-state index in [0.717, 1.165) is 92.0 Å². The first-order valence-electron chi connectivity index (χ1n) is 13.9. The van der Waals surface area contributed by atoms with Gasteiger partial charge in [0.1, 0.15) is 22.7 Å². The van der Waals surface area contributed by atoms with Crippen molar-refractivity contribution < 1.29 is 9.32 Å². The maximum Gasteiger partial charge on any atom is 0.263 e. The van der Waals surface area contributed by atoms with Gasteiger partial charge in [0.25, 0.3) is 5.71 Å². The molecule has 0 bridgehead atoms. The van der Waals surface area contributed by atoms with Gasteiger partial charge in [0.05, 0.1) is 0 Å². The molecule has 37 heavy (non-hydrogen) atoms. The highest BCUT2D eigenvalue weighted by molar-refractivity contribution is 6.00. The number of aryl methyl sites for hydroxylation is 1. The van der Waals surface area contributed by atoms with E-state index in [-0.39, 0.29) is 5.92 Å². The summed E-state index contributed by atoms with van der Waals surface area (Å²) in [6.07, 6.45) is 8.63. The van der Waals surface area contributed by atoms with Crippen LogP contribution in [0.1, 0.15) is 57.7 Å². The summed E-state index contributed by atoms with van der Waals surface area (Å²) in [7, 11) is 0. The molecule has 1 aliphatic heterocycles. The molecule has 7 heteroatoms. The fourth-order valence-electron chi connectivity index (χ4n) is 5.84. The monoisotopic (exact) mass is 497 g/mol. The number of fused-ring (bicyclic) bond motifs is 2. The zero-order valence-electron chi connectivity index (χ0n) is 21.7. The van der Waals surface area contributed by atoms with Crippen LogP contribution < -0.4 is 4.90 Å². The minimum absolute atomic E-state index is 0.212. The van der Waals surface area contributed by atoms with Gasteiger partial charge in [0, 0.05) is 44.1 Å². The van der Waals surface area contributed by atoms with E-state index in [1.807, 2.05) is 0 Å². The van der Waals surface area contributed by atoms with Gasteiger partial charge in [-0.2, -0.15) is 4.98 Å². The van der Waals surface area contributed by atoms with Crippen molar-refractivity contribution in [2.45, 2.75) is 58.3 Å². The molecule has 1 aliphatic carbocycles. The second-order valence-corrected chi connectivity index (χ2v) is 10.5. The van der Waals surface area contributed by atoms with Crippen molar-refractivity contribution in [2.24, 2.45) is 5.92 Å². The molecule has 0 N–H and O–H groups in total. The Balaban J connectivity index is 1.33. The van der Waals surface area contributed by atoms with Crippen molar-refractivity contribution in [2.75, 3.05) is 31.1 Å². The Morgan fingerprint density at radius 2 is 1.76 bits per heavy atom. The van der Waals surface area contributed by atoms with E-state index in [1.165, 1.54) is 24.6 Å². The molecule has 7 nitrogen and oxygen atoms in total. The Hall–Kier alpha value is -3.48. The van der Waals surface area contributed by atoms with Crippen LogP contribution >= 0.6 is 0 Å². The maximum absolute atomic E-state index is 13.1. The number of rotatable bonds is 6. The predicted octanol–water partition coefficient (Wildman–Crippen LogP) is 6.01. The van der Waals surface area contributed by atoms with Crippen LogP contribution in [0.2, 0.25) is 0 Å². The SMILES string of the molecule is CCCCc1nc(N2CCN(C(=O)C3CCCCC3)CC2)c2c(-c3ccc4ccccc4c3)noc2n1. The van der Waals surface area contributed by atoms with E-state index >= 15 is 0 Å². The van der Waals surface area contributed by atoms with Crippen molar-refractivity contribution in [3.63, 3.8) is 0 Å². The average molecular weight is 498 g/mol. The number of nitrogens with zero attached hydrogens (tertiary/aromatic N) is 5. The molecule has 2 fully saturated rings. The zero-order valence-corrected chi connectivity index (χ0v) is 21.7. The summed E-state index contributed by atoms with van der Waals surface area (Å²) in [6, 6.07) is 14.7. The molecular formula is C30H35N5O2. The molecule has 0 spiro atoms. The molecule has 2 aromatic heterocycles. The minimum atomic E-state index is 0.212. The van der Waals surface area contributed by atoms with Gasteiger partial charge in [-0.1, -0.05) is 74.2 Å². The lowest BCUT2D eigenvalue weighted by molar-refractivity contribution is -0.136. The molecule has 0 atom stereocenters. The fraction of sp³-hybridized carbons (Fsp3) is 0.467. The van der Waals surface area contributed by atoms with Crippen LogP contribution in [0.15, 0.2) is 47.0 Å². The number of anilines is 1. The molecule has 2 aromatic carbocycles. The van der Waals surface area contributed by atoms with Crippen LogP contribution in [0.3, 0.4) is 0 Å². The van der Waals surface area contributed by atoms with Gasteiger partial charge < -0.3 is 14.3 Å². The van der Waals surface area contributed by atoms with Crippen LogP contribution in [0, 0.1) is 5.92 Å². The summed E-state index contributed by atoms with van der Waals surface area (Å²) in [5.41, 5.74) is 2.31. The maximum atomic E-state index is 13.1. The van der Waals surface area contributed by atoms with Gasteiger partial charge in [-0.15, -0.1) is 0 Å². The summed E-state index contributed by atoms with van der Waals surface area (Å²) in [6.45, 7) is 5.12. The number of hydrogen-bond acceptors (Lipinski definition) is 6. The normalized spacial score (nSPS) is 17.1. The number of benzene rings is 2. The van der Waals surface area contributed by atoms with Crippen LogP contribution in [0.5, 0.6) is 0 Å². The molecule has 4 aromatic rings. The van der Waals surface area contributed by atoms with Crippen molar-refractivity contribution in [1.82, 2.24) is 20.0 Å². The third-order valence-corrected chi connectivity index (χ3v) is 7.99. The number of carbonyl (C=O) groups is 1. The molecule has 1 amide bonds.